The predicted octanol–water partition coefficient (Wildman–Crippen LogP) is 4.22. The van der Waals surface area contributed by atoms with Crippen molar-refractivity contribution in [3.63, 3.8) is 0 Å². The Bertz CT molecular complexity index is 1150. The number of carbonyl (C=O) groups excluding carboxylic acids is 1. The Hall–Kier alpha value is -3.36. The molecule has 3 aromatic carbocycles. The molecule has 0 heterocycles. The summed E-state index contributed by atoms with van der Waals surface area (Å²) in [5.74, 6) is 0.536. The zero-order valence-corrected chi connectivity index (χ0v) is 17.4. The van der Waals surface area contributed by atoms with Crippen LogP contribution in [0.5, 0.6) is 11.5 Å². The lowest BCUT2D eigenvalue weighted by atomic mass is 10.0. The first-order valence-electron chi connectivity index (χ1n) is 8.66. The van der Waals surface area contributed by atoms with Gasteiger partial charge >= 0.3 is 16.2 Å². The lowest BCUT2D eigenvalue weighted by Crippen LogP contribution is -2.24. The van der Waals surface area contributed by atoms with Gasteiger partial charge in [0.05, 0.1) is 12.0 Å². The minimum atomic E-state index is -3.64. The van der Waals surface area contributed by atoms with E-state index >= 15 is 0 Å². The lowest BCUT2D eigenvalue weighted by Gasteiger charge is -2.10. The Morgan fingerprint density at radius 3 is 2.00 bits per heavy atom. The summed E-state index contributed by atoms with van der Waals surface area (Å²) in [4.78, 5) is 12.1. The Labute approximate surface area is 179 Å². The Balaban J connectivity index is 1.86. The molecule has 0 spiro atoms. The van der Waals surface area contributed by atoms with Crippen molar-refractivity contribution >= 4 is 33.5 Å². The van der Waals surface area contributed by atoms with Gasteiger partial charge in [-0.2, -0.15) is 13.5 Å². The molecule has 0 saturated heterocycles. The van der Waals surface area contributed by atoms with E-state index in [1.54, 1.807) is 66.7 Å². The van der Waals surface area contributed by atoms with Crippen molar-refractivity contribution in [1.82, 2.24) is 5.43 Å². The number of amides is 1. The number of hydrogen-bond acceptors (Lipinski definition) is 6. The smallest absolute Gasteiger partial charge is 0.409 e. The molecule has 3 aromatic rings. The predicted molar refractivity (Wildman–Crippen MR) is 115 cm³/mol. The topological polar surface area (TPSA) is 94.1 Å². The summed E-state index contributed by atoms with van der Waals surface area (Å²) in [6.45, 7) is 0. The standard InChI is InChI=1S/C21H17ClN2O5S/c1-30(26,27)29-19-13-9-16(10-14-19)20(15-7-11-17(22)12-8-15)23-24-21(25)28-18-5-3-2-4-6-18/h2-14H,1H3,(H,24,25). The van der Waals surface area contributed by atoms with Crippen molar-refractivity contribution in [2.24, 2.45) is 5.10 Å². The molecule has 0 bridgehead atoms. The number of carbonyl (C=O) groups is 1. The highest BCUT2D eigenvalue weighted by Gasteiger charge is 2.11. The fourth-order valence-electron chi connectivity index (χ4n) is 2.47. The normalized spacial score (nSPS) is 11.6. The first kappa shape index (κ1) is 21.4. The number of nitrogens with zero attached hydrogens (tertiary/aromatic N) is 1. The molecule has 0 aliphatic carbocycles. The van der Waals surface area contributed by atoms with E-state index in [1.807, 2.05) is 0 Å². The molecule has 0 fully saturated rings. The molecular weight excluding hydrogens is 428 g/mol. The van der Waals surface area contributed by atoms with Gasteiger partial charge in [-0.1, -0.05) is 41.9 Å². The summed E-state index contributed by atoms with van der Waals surface area (Å²) in [5, 5.41) is 4.73. The van der Waals surface area contributed by atoms with E-state index in [0.717, 1.165) is 6.26 Å². The average Bonchev–Trinajstić information content (AvgIpc) is 2.70. The highest BCUT2D eigenvalue weighted by Crippen LogP contribution is 2.19. The summed E-state index contributed by atoms with van der Waals surface area (Å²) in [6.07, 6.45) is 0.203. The quantitative estimate of drug-likeness (QED) is 0.349. The third-order valence-corrected chi connectivity index (χ3v) is 4.45. The molecular formula is C21H17ClN2O5S. The number of halogens is 1. The molecule has 0 aromatic heterocycles. The highest BCUT2D eigenvalue weighted by atomic mass is 35.5. The first-order chi connectivity index (χ1) is 14.3. The van der Waals surface area contributed by atoms with Gasteiger partial charge in [0.2, 0.25) is 0 Å². The van der Waals surface area contributed by atoms with Crippen LogP contribution in [0.25, 0.3) is 0 Å². The van der Waals surface area contributed by atoms with Crippen molar-refractivity contribution in [1.29, 1.82) is 0 Å². The van der Waals surface area contributed by atoms with E-state index in [9.17, 15) is 13.2 Å². The second-order valence-corrected chi connectivity index (χ2v) is 8.10. The number of nitrogens with one attached hydrogen (secondary N) is 1. The van der Waals surface area contributed by atoms with E-state index in [1.165, 1.54) is 12.1 Å². The van der Waals surface area contributed by atoms with E-state index in [4.69, 9.17) is 20.5 Å². The maximum atomic E-state index is 12.1. The van der Waals surface area contributed by atoms with Crippen LogP contribution in [0.2, 0.25) is 5.02 Å². The average molecular weight is 445 g/mol. The Kier molecular flexibility index (Phi) is 6.71. The second-order valence-electron chi connectivity index (χ2n) is 6.09. The molecule has 0 aliphatic rings. The number of para-hydroxylation sites is 1. The van der Waals surface area contributed by atoms with Gasteiger partial charge in [0.1, 0.15) is 11.5 Å². The number of hydrazone groups is 1. The Morgan fingerprint density at radius 1 is 0.867 bits per heavy atom. The summed E-state index contributed by atoms with van der Waals surface area (Å²) in [5.41, 5.74) is 4.07. The highest BCUT2D eigenvalue weighted by molar-refractivity contribution is 7.86. The zero-order valence-electron chi connectivity index (χ0n) is 15.8. The van der Waals surface area contributed by atoms with Crippen molar-refractivity contribution in [3.05, 3.63) is 95.0 Å². The van der Waals surface area contributed by atoms with Gasteiger partial charge in [0.25, 0.3) is 0 Å². The fourth-order valence-corrected chi connectivity index (χ4v) is 3.05. The molecule has 30 heavy (non-hydrogen) atoms. The van der Waals surface area contributed by atoms with Crippen LogP contribution in [0.3, 0.4) is 0 Å². The van der Waals surface area contributed by atoms with Crippen molar-refractivity contribution < 1.29 is 22.1 Å². The van der Waals surface area contributed by atoms with Gasteiger partial charge in [0, 0.05) is 16.1 Å². The van der Waals surface area contributed by atoms with E-state index < -0.39 is 16.2 Å². The minimum Gasteiger partial charge on any atom is -0.409 e. The molecule has 3 rings (SSSR count). The summed E-state index contributed by atoms with van der Waals surface area (Å²) in [7, 11) is -3.64. The van der Waals surface area contributed by atoms with E-state index in [-0.39, 0.29) is 5.75 Å². The molecule has 1 N–H and O–H groups in total. The molecule has 0 aliphatic heterocycles. The number of rotatable bonds is 6. The molecule has 9 heteroatoms. The zero-order chi connectivity index (χ0) is 21.6. The fraction of sp³-hybridized carbons (Fsp3) is 0.0476. The lowest BCUT2D eigenvalue weighted by molar-refractivity contribution is 0.201. The van der Waals surface area contributed by atoms with Gasteiger partial charge in [-0.15, -0.1) is 0 Å². The van der Waals surface area contributed by atoms with Crippen LogP contribution in [-0.2, 0) is 10.1 Å². The maximum absolute atomic E-state index is 12.1. The van der Waals surface area contributed by atoms with E-state index in [0.29, 0.717) is 27.6 Å². The number of hydrogen-bond donors (Lipinski definition) is 1. The molecule has 0 atom stereocenters. The maximum Gasteiger partial charge on any atom is 0.433 e. The third kappa shape index (κ3) is 6.33. The second kappa shape index (κ2) is 9.43. The summed E-state index contributed by atoms with van der Waals surface area (Å²) < 4.78 is 32.6. The van der Waals surface area contributed by atoms with Crippen LogP contribution in [0.1, 0.15) is 11.1 Å². The largest absolute Gasteiger partial charge is 0.433 e. The minimum absolute atomic E-state index is 0.160. The van der Waals surface area contributed by atoms with E-state index in [2.05, 4.69) is 10.5 Å². The molecule has 1 amide bonds. The molecule has 0 unspecified atom stereocenters. The third-order valence-electron chi connectivity index (χ3n) is 3.71. The van der Waals surface area contributed by atoms with Gasteiger partial charge in [-0.3, -0.25) is 0 Å². The van der Waals surface area contributed by atoms with Crippen LogP contribution in [0, 0.1) is 0 Å². The van der Waals surface area contributed by atoms with Crippen molar-refractivity contribution in [3.8, 4) is 11.5 Å². The molecule has 154 valence electrons. The molecule has 0 radical (unpaired) electrons. The van der Waals surface area contributed by atoms with Crippen LogP contribution in [0.15, 0.2) is 84.0 Å². The molecule has 0 saturated carbocycles. The Morgan fingerprint density at radius 2 is 1.43 bits per heavy atom. The summed E-state index contributed by atoms with van der Waals surface area (Å²) in [6, 6.07) is 21.7. The van der Waals surface area contributed by atoms with Crippen LogP contribution >= 0.6 is 11.6 Å². The number of ether oxygens (including phenoxy) is 1. The van der Waals surface area contributed by atoms with Crippen LogP contribution in [0.4, 0.5) is 4.79 Å². The van der Waals surface area contributed by atoms with Crippen LogP contribution in [-0.4, -0.2) is 26.5 Å². The molecule has 7 nitrogen and oxygen atoms in total. The van der Waals surface area contributed by atoms with Crippen molar-refractivity contribution in [2.75, 3.05) is 6.26 Å². The summed E-state index contributed by atoms with van der Waals surface area (Å²) >= 11 is 5.96. The van der Waals surface area contributed by atoms with Gasteiger partial charge in [-0.05, 0) is 48.5 Å². The first-order valence-corrected chi connectivity index (χ1v) is 10.9. The van der Waals surface area contributed by atoms with Crippen LogP contribution < -0.4 is 14.3 Å². The van der Waals surface area contributed by atoms with Gasteiger partial charge < -0.3 is 8.92 Å². The van der Waals surface area contributed by atoms with Gasteiger partial charge in [0.15, 0.2) is 0 Å². The SMILES string of the molecule is CS(=O)(=O)Oc1ccc(C(=NNC(=O)Oc2ccccc2)c2ccc(Cl)cc2)cc1. The van der Waals surface area contributed by atoms with Crippen molar-refractivity contribution in [2.45, 2.75) is 0 Å². The van der Waals surface area contributed by atoms with Gasteiger partial charge in [-0.25, -0.2) is 10.2 Å². The number of benzene rings is 3. The monoisotopic (exact) mass is 444 g/mol.